The largest absolute Gasteiger partial charge is 0.495 e. The lowest BCUT2D eigenvalue weighted by Crippen LogP contribution is -2.39. The second-order valence-corrected chi connectivity index (χ2v) is 13.1. The first-order valence-corrected chi connectivity index (χ1v) is 17.3. The van der Waals surface area contributed by atoms with Crippen LogP contribution in [0.1, 0.15) is 143 Å². The van der Waals surface area contributed by atoms with Crippen molar-refractivity contribution in [2.75, 3.05) is 19.0 Å². The van der Waals surface area contributed by atoms with Crippen LogP contribution >= 0.6 is 0 Å². The number of anilines is 1. The third kappa shape index (κ3) is 9.90. The summed E-state index contributed by atoms with van der Waals surface area (Å²) in [5.41, 5.74) is -0.483. The van der Waals surface area contributed by atoms with E-state index in [1.807, 2.05) is 0 Å². The number of nitrogens with zero attached hydrogens (tertiary/aromatic N) is 2. The molecule has 0 radical (unpaired) electrons. The van der Waals surface area contributed by atoms with Crippen molar-refractivity contribution in [1.82, 2.24) is 9.78 Å². The predicted molar refractivity (Wildman–Crippen MR) is 175 cm³/mol. The topological polar surface area (TPSA) is 137 Å². The minimum atomic E-state index is -1.48. The minimum absolute atomic E-state index is 0.182. The van der Waals surface area contributed by atoms with E-state index in [2.05, 4.69) is 17.3 Å². The molecule has 252 valence electrons. The maximum absolute atomic E-state index is 13.9. The van der Waals surface area contributed by atoms with Gasteiger partial charge in [0, 0.05) is 11.6 Å². The summed E-state index contributed by atoms with van der Waals surface area (Å²) in [5, 5.41) is 16.5. The van der Waals surface area contributed by atoms with Gasteiger partial charge >= 0.3 is 11.9 Å². The highest BCUT2D eigenvalue weighted by Gasteiger charge is 2.56. The van der Waals surface area contributed by atoms with Crippen molar-refractivity contribution in [3.8, 4) is 5.75 Å². The zero-order valence-corrected chi connectivity index (χ0v) is 27.6. The number of Topliss-reactive ketones (excluding diaryl/α,β-unsaturated/α-hetero) is 1. The van der Waals surface area contributed by atoms with Gasteiger partial charge in [0.2, 0.25) is 0 Å². The van der Waals surface area contributed by atoms with Crippen molar-refractivity contribution in [3.63, 3.8) is 0 Å². The number of aromatic carboxylic acids is 1. The molecule has 1 aromatic heterocycles. The molecule has 1 amide bonds. The van der Waals surface area contributed by atoms with E-state index in [4.69, 9.17) is 9.47 Å². The van der Waals surface area contributed by atoms with Crippen LogP contribution in [0.25, 0.3) is 0 Å². The molecule has 0 spiro atoms. The molecule has 2 N–H and O–H groups in total. The third-order valence-electron chi connectivity index (χ3n) is 9.31. The number of ketones is 1. The Hall–Kier alpha value is -3.69. The Labute approximate surface area is 272 Å². The Morgan fingerprint density at radius 3 is 2.15 bits per heavy atom. The lowest BCUT2D eigenvalue weighted by atomic mass is 9.89. The molecule has 2 saturated carbocycles. The summed E-state index contributed by atoms with van der Waals surface area (Å²) in [7, 11) is 1.43. The quantitative estimate of drug-likeness (QED) is 0.0716. The third-order valence-corrected chi connectivity index (χ3v) is 9.31. The number of unbranched alkanes of at least 4 members (excludes halogenated alkanes) is 11. The number of hydrogen-bond donors (Lipinski definition) is 2. The summed E-state index contributed by atoms with van der Waals surface area (Å²) in [6.45, 7) is 2.55. The van der Waals surface area contributed by atoms with Crippen LogP contribution in [0.4, 0.5) is 5.69 Å². The molecule has 0 saturated heterocycles. The van der Waals surface area contributed by atoms with Crippen molar-refractivity contribution < 1.29 is 33.8 Å². The highest BCUT2D eigenvalue weighted by molar-refractivity contribution is 6.12. The summed E-state index contributed by atoms with van der Waals surface area (Å²) in [6.07, 6.45) is 20.0. The highest BCUT2D eigenvalue weighted by atomic mass is 16.5. The number of rotatable bonds is 23. The molecule has 2 aliphatic rings. The number of carboxylic acids is 1. The number of carboxylic acid groups (broad SMARTS) is 1. The number of aromatic nitrogens is 2. The van der Waals surface area contributed by atoms with Gasteiger partial charge in [0.25, 0.3) is 5.91 Å². The summed E-state index contributed by atoms with van der Waals surface area (Å²) in [4.78, 5) is 52.5. The van der Waals surface area contributed by atoms with E-state index in [1.165, 1.54) is 83.2 Å². The lowest BCUT2D eigenvalue weighted by Gasteiger charge is -2.23. The molecular weight excluding hydrogens is 586 g/mol. The van der Waals surface area contributed by atoms with Crippen molar-refractivity contribution in [2.24, 2.45) is 11.3 Å². The monoisotopic (exact) mass is 637 g/mol. The number of carbonyl (C=O) groups is 4. The number of methoxy groups -OCH3 is 1. The van der Waals surface area contributed by atoms with Crippen LogP contribution in [0.3, 0.4) is 0 Å². The van der Waals surface area contributed by atoms with E-state index in [9.17, 15) is 24.3 Å². The molecule has 2 fully saturated rings. The van der Waals surface area contributed by atoms with Gasteiger partial charge in [0.15, 0.2) is 11.8 Å². The van der Waals surface area contributed by atoms with Crippen molar-refractivity contribution in [2.45, 2.75) is 122 Å². The Morgan fingerprint density at radius 1 is 0.957 bits per heavy atom. The number of esters is 1. The van der Waals surface area contributed by atoms with E-state index in [1.54, 1.807) is 12.1 Å². The van der Waals surface area contributed by atoms with Gasteiger partial charge in [-0.05, 0) is 55.9 Å². The number of carbonyl (C=O) groups excluding carboxylic acids is 3. The zero-order chi connectivity index (χ0) is 32.9. The molecule has 1 unspecified atom stereocenters. The highest BCUT2D eigenvalue weighted by Crippen LogP contribution is 2.57. The zero-order valence-electron chi connectivity index (χ0n) is 27.6. The van der Waals surface area contributed by atoms with Gasteiger partial charge in [-0.3, -0.25) is 9.59 Å². The van der Waals surface area contributed by atoms with E-state index in [0.717, 1.165) is 36.8 Å². The van der Waals surface area contributed by atoms with Gasteiger partial charge in [-0.1, -0.05) is 90.4 Å². The predicted octanol–water partition coefficient (Wildman–Crippen LogP) is 7.78. The van der Waals surface area contributed by atoms with Gasteiger partial charge in [-0.25, -0.2) is 14.3 Å². The van der Waals surface area contributed by atoms with Crippen molar-refractivity contribution in [1.29, 1.82) is 0 Å². The average molecular weight is 638 g/mol. The van der Waals surface area contributed by atoms with E-state index in [-0.39, 0.29) is 28.5 Å². The van der Waals surface area contributed by atoms with Crippen LogP contribution in [-0.4, -0.2) is 52.2 Å². The van der Waals surface area contributed by atoms with Crippen LogP contribution in [0.15, 0.2) is 30.5 Å². The summed E-state index contributed by atoms with van der Waals surface area (Å²) in [5.74, 6) is -2.13. The van der Waals surface area contributed by atoms with Crippen LogP contribution in [-0.2, 0) is 14.3 Å². The minimum Gasteiger partial charge on any atom is -0.495 e. The number of hydrogen-bond acceptors (Lipinski definition) is 7. The Kier molecular flexibility index (Phi) is 13.2. The van der Waals surface area contributed by atoms with Gasteiger partial charge in [0.05, 0.1) is 25.0 Å². The van der Waals surface area contributed by atoms with E-state index < -0.39 is 29.3 Å². The summed E-state index contributed by atoms with van der Waals surface area (Å²) < 4.78 is 11.9. The maximum Gasteiger partial charge on any atom is 0.354 e. The first-order chi connectivity index (χ1) is 22.3. The van der Waals surface area contributed by atoms with Gasteiger partial charge in [-0.2, -0.15) is 5.10 Å². The fourth-order valence-electron chi connectivity index (χ4n) is 6.22. The van der Waals surface area contributed by atoms with E-state index >= 15 is 0 Å². The molecule has 2 aromatic rings. The normalized spacial score (nSPS) is 15.6. The first kappa shape index (κ1) is 35.2. The molecule has 1 aromatic carbocycles. The Bertz CT molecular complexity index is 1330. The standard InChI is InChI=1S/C36H51N3O7/c1-3-4-5-6-7-8-9-10-11-12-13-14-23-46-35(44)27-17-18-30(45-2)28(24-27)38-33(41)31(39-29(34(42)43)19-22-37-39)32(40)36(20-21-36)25-26-15-16-26/h17-19,22,24,26,31H,3-16,20-21,23,25H2,1-2H3,(H,38,41)(H,42,43). The fraction of sp³-hybridized carbons (Fsp3) is 0.639. The molecule has 2 aliphatic carbocycles. The molecule has 4 rings (SSSR count). The van der Waals surface area contributed by atoms with Gasteiger partial charge in [0.1, 0.15) is 11.4 Å². The molecule has 1 atom stereocenters. The number of nitrogens with one attached hydrogen (secondary N) is 1. The lowest BCUT2D eigenvalue weighted by molar-refractivity contribution is -0.134. The summed E-state index contributed by atoms with van der Waals surface area (Å²) >= 11 is 0. The molecule has 0 aliphatic heterocycles. The molecular formula is C36H51N3O7. The molecule has 46 heavy (non-hydrogen) atoms. The smallest absolute Gasteiger partial charge is 0.354 e. The number of benzene rings is 1. The van der Waals surface area contributed by atoms with Crippen LogP contribution in [0, 0.1) is 11.3 Å². The first-order valence-electron chi connectivity index (χ1n) is 17.3. The van der Waals surface area contributed by atoms with Crippen LogP contribution < -0.4 is 10.1 Å². The summed E-state index contributed by atoms with van der Waals surface area (Å²) in [6, 6.07) is 4.37. The molecule has 10 heteroatoms. The molecule has 1 heterocycles. The fourth-order valence-corrected chi connectivity index (χ4v) is 6.22. The Morgan fingerprint density at radius 2 is 1.59 bits per heavy atom. The van der Waals surface area contributed by atoms with E-state index in [0.29, 0.717) is 31.8 Å². The Balaban J connectivity index is 1.31. The molecule has 0 bridgehead atoms. The second kappa shape index (κ2) is 17.3. The van der Waals surface area contributed by atoms with Crippen LogP contribution in [0.5, 0.6) is 5.75 Å². The van der Waals surface area contributed by atoms with Gasteiger partial charge in [-0.15, -0.1) is 0 Å². The second-order valence-electron chi connectivity index (χ2n) is 13.1. The number of amides is 1. The number of ether oxygens (including phenoxy) is 2. The van der Waals surface area contributed by atoms with Gasteiger partial charge < -0.3 is 19.9 Å². The molecule has 10 nitrogen and oxygen atoms in total. The van der Waals surface area contributed by atoms with Crippen LogP contribution in [0.2, 0.25) is 0 Å². The van der Waals surface area contributed by atoms with Crippen molar-refractivity contribution in [3.05, 3.63) is 41.7 Å². The SMILES string of the molecule is CCCCCCCCCCCCCCOC(=O)c1ccc(OC)c(NC(=O)C(C(=O)C2(CC3CC3)CC2)n2nccc2C(=O)O)c1. The maximum atomic E-state index is 13.9. The van der Waals surface area contributed by atoms with Crippen molar-refractivity contribution >= 4 is 29.3 Å². The average Bonchev–Trinajstić information content (AvgIpc) is 3.98.